The number of ether oxygens (including phenoxy) is 1. The summed E-state index contributed by atoms with van der Waals surface area (Å²) in [6.45, 7) is -10.2. The quantitative estimate of drug-likeness (QED) is 0.213. The minimum Gasteiger partial charge on any atom is -0.486 e. The predicted octanol–water partition coefficient (Wildman–Crippen LogP) is 9.01. The van der Waals surface area contributed by atoms with Crippen molar-refractivity contribution in [3.05, 3.63) is 103 Å². The molecule has 0 saturated heterocycles. The molecule has 4 aromatic rings. The van der Waals surface area contributed by atoms with Gasteiger partial charge in [-0.3, -0.25) is 0 Å². The van der Waals surface area contributed by atoms with Crippen molar-refractivity contribution in [1.29, 1.82) is 0 Å². The number of carboxylic acids is 1. The molecule has 0 spiro atoms. The highest BCUT2D eigenvalue weighted by atomic mass is 35.5. The van der Waals surface area contributed by atoms with Gasteiger partial charge in [0, 0.05) is 25.7 Å². The van der Waals surface area contributed by atoms with Gasteiger partial charge in [0.25, 0.3) is 0 Å². The van der Waals surface area contributed by atoms with Gasteiger partial charge in [-0.2, -0.15) is 0 Å². The van der Waals surface area contributed by atoms with Crippen LogP contribution < -0.4 is 4.74 Å². The molecule has 1 aromatic heterocycles. The molecule has 0 fully saturated rings. The molecule has 0 bridgehead atoms. The summed E-state index contributed by atoms with van der Waals surface area (Å²) in [5.41, 5.74) is -2.99. The first-order valence-corrected chi connectivity index (χ1v) is 11.3. The number of nitrogens with zero attached hydrogens (tertiary/aromatic N) is 1. The van der Waals surface area contributed by atoms with Crippen molar-refractivity contribution < 1.29 is 40.0 Å². The summed E-state index contributed by atoms with van der Waals surface area (Å²) in [5, 5.41) is 11.8. The summed E-state index contributed by atoms with van der Waals surface area (Å²) in [6.07, 6.45) is 0. The summed E-state index contributed by atoms with van der Waals surface area (Å²) >= 11 is 18.9. The molecule has 0 aliphatic heterocycles. The van der Waals surface area contributed by atoms with Gasteiger partial charge in [0.2, 0.25) is 0 Å². The van der Waals surface area contributed by atoms with E-state index in [1.807, 2.05) is 0 Å². The molecular formula is C28H21Cl3FNO4. The Morgan fingerprint density at radius 2 is 1.95 bits per heavy atom. The van der Waals surface area contributed by atoms with Crippen LogP contribution in [-0.2, 0) is 6.56 Å². The van der Waals surface area contributed by atoms with Crippen LogP contribution in [0.25, 0.3) is 23.4 Å². The van der Waals surface area contributed by atoms with Crippen LogP contribution in [0.15, 0.2) is 59.1 Å². The number of carboxylic acid groups (broad SMARTS) is 1. The van der Waals surface area contributed by atoms with E-state index in [0.29, 0.717) is 0 Å². The number of halogens is 4. The molecule has 0 saturated carbocycles. The van der Waals surface area contributed by atoms with Gasteiger partial charge >= 0.3 is 5.97 Å². The molecule has 4 rings (SSSR count). The average Bonchev–Trinajstić information content (AvgIpc) is 3.40. The molecule has 9 heteroatoms. The molecule has 0 atom stereocenters. The number of aromatic carboxylic acids is 1. The van der Waals surface area contributed by atoms with E-state index in [4.69, 9.17) is 60.5 Å². The van der Waals surface area contributed by atoms with E-state index in [1.165, 1.54) is 36.4 Å². The lowest BCUT2D eigenvalue weighted by molar-refractivity contribution is 0.0697. The van der Waals surface area contributed by atoms with Gasteiger partial charge in [0.05, 0.1) is 34.4 Å². The molecule has 0 radical (unpaired) electrons. The van der Waals surface area contributed by atoms with Gasteiger partial charge in [-0.1, -0.05) is 84.0 Å². The fraction of sp³-hybridized carbons (Fsp3) is 0.143. The number of benzene rings is 3. The van der Waals surface area contributed by atoms with E-state index in [0.717, 1.165) is 6.07 Å². The van der Waals surface area contributed by atoms with E-state index in [9.17, 15) is 9.90 Å². The Labute approximate surface area is 244 Å². The van der Waals surface area contributed by atoms with Crippen LogP contribution in [0.4, 0.5) is 4.39 Å². The van der Waals surface area contributed by atoms with E-state index in [1.54, 1.807) is 0 Å². The number of aromatic nitrogens is 1. The standard InChI is InChI=1S/C28H21Cl3FNO4/c1-15(2)27-19(26(33-37-27)25-20(29)7-4-8-21(25)30)14-36-24-13-22(31)17(12-23(24)32)10-9-16-5-3-6-18(11-16)28(34)35/h3-13,15H,14H2,1-2H3,(H,34,35)/b10-9+/i1D3,2D3,9D,10D,12D,13D,14D2. The number of hydrogen-bond donors (Lipinski definition) is 1. The molecule has 0 amide bonds. The first-order valence-electron chi connectivity index (χ1n) is 16.1. The zero-order valence-electron chi connectivity index (χ0n) is 30.2. The molecule has 0 aliphatic rings. The smallest absolute Gasteiger partial charge is 0.335 e. The van der Waals surface area contributed by atoms with Gasteiger partial charge in [0.15, 0.2) is 11.6 Å². The minimum absolute atomic E-state index is 0.118. The Hall–Kier alpha value is -3.32. The Bertz CT molecular complexity index is 1930. The first kappa shape index (κ1) is 15.2. The Morgan fingerprint density at radius 1 is 1.22 bits per heavy atom. The summed E-state index contributed by atoms with van der Waals surface area (Å²) in [5.74, 6) is -7.98. The van der Waals surface area contributed by atoms with Crippen molar-refractivity contribution in [2.24, 2.45) is 0 Å². The predicted molar refractivity (Wildman–Crippen MR) is 144 cm³/mol. The molecule has 0 unspecified atom stereocenters. The fourth-order valence-electron chi connectivity index (χ4n) is 3.05. The Balaban J connectivity index is 1.96. The molecule has 1 heterocycles. The molecule has 0 aliphatic carbocycles. The van der Waals surface area contributed by atoms with Crippen LogP contribution in [0, 0.1) is 5.82 Å². The zero-order valence-corrected chi connectivity index (χ0v) is 20.5. The average molecular weight is 573 g/mol. The highest BCUT2D eigenvalue weighted by molar-refractivity contribution is 6.39. The maximum atomic E-state index is 15.9. The van der Waals surface area contributed by atoms with Gasteiger partial charge in [-0.25, -0.2) is 9.18 Å². The van der Waals surface area contributed by atoms with Crippen molar-refractivity contribution in [3.8, 4) is 17.0 Å². The largest absolute Gasteiger partial charge is 0.486 e. The lowest BCUT2D eigenvalue weighted by Gasteiger charge is -2.12. The van der Waals surface area contributed by atoms with Crippen molar-refractivity contribution in [2.75, 3.05) is 0 Å². The SMILES string of the molecule is [2H]/C(=C(/[2H])c1c([2H])c(F)c(OC([2H])([2H])c2c(-c3c(Cl)cccc3Cl)noc2C(C([2H])([2H])[2H])C([2H])([2H])[2H])c([2H])c1Cl)c1cccc(C(=O)O)c1. The second-order valence-corrected chi connectivity index (χ2v) is 8.41. The van der Waals surface area contributed by atoms with Crippen LogP contribution in [0.3, 0.4) is 0 Å². The van der Waals surface area contributed by atoms with E-state index < -0.39 is 95.5 Å². The van der Waals surface area contributed by atoms with Gasteiger partial charge in [-0.05, 0) is 41.4 Å². The molecule has 1 N–H and O–H groups in total. The second kappa shape index (κ2) is 11.4. The van der Waals surface area contributed by atoms with Crippen LogP contribution in [0.1, 0.15) is 68.9 Å². The van der Waals surface area contributed by atoms with Crippen molar-refractivity contribution >= 4 is 52.9 Å². The third-order valence-corrected chi connectivity index (χ3v) is 5.67. The third kappa shape index (κ3) is 5.99. The van der Waals surface area contributed by atoms with Crippen molar-refractivity contribution in [2.45, 2.75) is 26.2 Å². The van der Waals surface area contributed by atoms with Crippen molar-refractivity contribution in [1.82, 2.24) is 5.16 Å². The van der Waals surface area contributed by atoms with Crippen LogP contribution in [0.5, 0.6) is 5.75 Å². The molecular weight excluding hydrogens is 540 g/mol. The lowest BCUT2D eigenvalue weighted by Crippen LogP contribution is -2.03. The highest BCUT2D eigenvalue weighted by Crippen LogP contribution is 2.39. The normalized spacial score (nSPS) is 17.8. The summed E-state index contributed by atoms with van der Waals surface area (Å²) in [7, 11) is 0. The van der Waals surface area contributed by atoms with E-state index >= 15 is 4.39 Å². The molecule has 3 aromatic carbocycles. The number of hydrogen-bond acceptors (Lipinski definition) is 4. The van der Waals surface area contributed by atoms with Gasteiger partial charge in [0.1, 0.15) is 18.0 Å². The summed E-state index contributed by atoms with van der Waals surface area (Å²) < 4.78 is 125. The van der Waals surface area contributed by atoms with Crippen molar-refractivity contribution in [3.63, 3.8) is 0 Å². The van der Waals surface area contributed by atoms with E-state index in [-0.39, 0.29) is 26.7 Å². The number of rotatable bonds is 8. The Kier molecular flexibility index (Phi) is 4.67. The third-order valence-electron chi connectivity index (χ3n) is 4.75. The monoisotopic (exact) mass is 571 g/mol. The maximum Gasteiger partial charge on any atom is 0.335 e. The van der Waals surface area contributed by atoms with Gasteiger partial charge in [-0.15, -0.1) is 0 Å². The maximum absolute atomic E-state index is 15.9. The fourth-order valence-corrected chi connectivity index (χ4v) is 3.81. The van der Waals surface area contributed by atoms with Crippen LogP contribution >= 0.6 is 34.8 Å². The molecule has 5 nitrogen and oxygen atoms in total. The van der Waals surface area contributed by atoms with Crippen LogP contribution in [0.2, 0.25) is 15.1 Å². The lowest BCUT2D eigenvalue weighted by atomic mass is 10.0. The topological polar surface area (TPSA) is 72.6 Å². The Morgan fingerprint density at radius 3 is 2.65 bits per heavy atom. The zero-order chi connectivity index (χ0) is 37.0. The van der Waals surface area contributed by atoms with Crippen LogP contribution in [-0.4, -0.2) is 16.2 Å². The van der Waals surface area contributed by atoms with Gasteiger partial charge < -0.3 is 14.4 Å². The number of carbonyl (C=O) groups is 1. The highest BCUT2D eigenvalue weighted by Gasteiger charge is 2.24. The van der Waals surface area contributed by atoms with E-state index in [2.05, 4.69) is 5.16 Å². The first-order chi connectivity index (χ1) is 22.5. The minimum atomic E-state index is -3.51. The summed E-state index contributed by atoms with van der Waals surface area (Å²) in [6, 6.07) is 4.91. The molecule has 190 valence electrons. The molecule has 37 heavy (non-hydrogen) atoms. The second-order valence-electron chi connectivity index (χ2n) is 7.22. The summed E-state index contributed by atoms with van der Waals surface area (Å²) in [4.78, 5) is 11.4.